The van der Waals surface area contributed by atoms with E-state index >= 15 is 0 Å². The topological polar surface area (TPSA) is 68.5 Å². The second-order valence-electron chi connectivity index (χ2n) is 5.72. The fraction of sp³-hybridized carbons (Fsp3) is 0.273. The molecule has 0 amide bonds. The first-order valence-corrected chi connectivity index (χ1v) is 8.83. The van der Waals surface area contributed by atoms with Gasteiger partial charge >= 0.3 is 0 Å². The van der Waals surface area contributed by atoms with Gasteiger partial charge in [0.1, 0.15) is 17.4 Å². The molecule has 2 aromatic carbocycles. The van der Waals surface area contributed by atoms with Crippen LogP contribution < -0.4 is 14.2 Å². The van der Waals surface area contributed by atoms with Gasteiger partial charge in [0.25, 0.3) is 0 Å². The van der Waals surface area contributed by atoms with Crippen molar-refractivity contribution in [3.05, 3.63) is 59.2 Å². The lowest BCUT2D eigenvalue weighted by Gasteiger charge is -2.12. The Bertz CT molecular complexity index is 865. The minimum atomic E-state index is -0.360. The summed E-state index contributed by atoms with van der Waals surface area (Å²) in [5, 5.41) is 9.46. The van der Waals surface area contributed by atoms with E-state index in [1.807, 2.05) is 19.9 Å². The highest BCUT2D eigenvalue weighted by atomic mass is 16.5. The maximum atomic E-state index is 12.7. The van der Waals surface area contributed by atoms with Crippen molar-refractivity contribution in [2.75, 3.05) is 20.3 Å². The standard InChI is InChI=1S/C22H23NO4/c1-4-11-27-20-10-9-16(13-21(20)26-5-2)12-18(15-23)22(24)17-7-6-8-19(14-17)25-3/h6-10,12-14H,4-5,11H2,1-3H3/b18-12-. The number of rotatable bonds is 9. The molecule has 2 rings (SSSR count). The number of hydrogen-bond acceptors (Lipinski definition) is 5. The van der Waals surface area contributed by atoms with E-state index < -0.39 is 0 Å². The maximum absolute atomic E-state index is 12.7. The summed E-state index contributed by atoms with van der Waals surface area (Å²) in [5.41, 5.74) is 1.12. The Morgan fingerprint density at radius 1 is 1.11 bits per heavy atom. The van der Waals surface area contributed by atoms with Crippen molar-refractivity contribution in [1.82, 2.24) is 0 Å². The SMILES string of the molecule is CCCOc1ccc(/C=C(/C#N)C(=O)c2cccc(OC)c2)cc1OCC. The molecule has 0 atom stereocenters. The summed E-state index contributed by atoms with van der Waals surface area (Å²) < 4.78 is 16.4. The fourth-order valence-electron chi connectivity index (χ4n) is 2.45. The van der Waals surface area contributed by atoms with Gasteiger partial charge in [-0.3, -0.25) is 4.79 Å². The lowest BCUT2D eigenvalue weighted by atomic mass is 10.0. The van der Waals surface area contributed by atoms with Crippen molar-refractivity contribution in [3.8, 4) is 23.3 Å². The van der Waals surface area contributed by atoms with Crippen LogP contribution in [0.25, 0.3) is 6.08 Å². The van der Waals surface area contributed by atoms with E-state index in [4.69, 9.17) is 14.2 Å². The number of carbonyl (C=O) groups is 1. The number of ketones is 1. The second kappa shape index (κ2) is 10.0. The highest BCUT2D eigenvalue weighted by Gasteiger charge is 2.14. The van der Waals surface area contributed by atoms with Crippen LogP contribution in [-0.4, -0.2) is 26.1 Å². The third-order valence-corrected chi connectivity index (χ3v) is 3.74. The maximum Gasteiger partial charge on any atom is 0.203 e. The van der Waals surface area contributed by atoms with Crippen molar-refractivity contribution in [1.29, 1.82) is 5.26 Å². The summed E-state index contributed by atoms with van der Waals surface area (Å²) in [7, 11) is 1.53. The average molecular weight is 365 g/mol. The lowest BCUT2D eigenvalue weighted by Crippen LogP contribution is -2.03. The lowest BCUT2D eigenvalue weighted by molar-refractivity contribution is 0.103. The molecule has 2 aromatic rings. The summed E-state index contributed by atoms with van der Waals surface area (Å²) >= 11 is 0. The van der Waals surface area contributed by atoms with Gasteiger partial charge < -0.3 is 14.2 Å². The van der Waals surface area contributed by atoms with E-state index in [1.54, 1.807) is 48.5 Å². The Morgan fingerprint density at radius 3 is 2.59 bits per heavy atom. The third-order valence-electron chi connectivity index (χ3n) is 3.74. The number of hydrogen-bond donors (Lipinski definition) is 0. The first-order valence-electron chi connectivity index (χ1n) is 8.83. The van der Waals surface area contributed by atoms with Crippen LogP contribution in [0.4, 0.5) is 0 Å². The van der Waals surface area contributed by atoms with Crippen molar-refractivity contribution >= 4 is 11.9 Å². The molecule has 0 saturated carbocycles. The number of nitriles is 1. The number of methoxy groups -OCH3 is 1. The van der Waals surface area contributed by atoms with Crippen molar-refractivity contribution in [3.63, 3.8) is 0 Å². The molecular formula is C22H23NO4. The van der Waals surface area contributed by atoms with Crippen LogP contribution in [0.5, 0.6) is 17.2 Å². The number of allylic oxidation sites excluding steroid dienone is 1. The molecule has 0 aliphatic rings. The number of carbonyl (C=O) groups excluding carboxylic acids is 1. The van der Waals surface area contributed by atoms with Gasteiger partial charge in [-0.2, -0.15) is 5.26 Å². The molecule has 5 nitrogen and oxygen atoms in total. The second-order valence-corrected chi connectivity index (χ2v) is 5.72. The minimum absolute atomic E-state index is 0.0351. The van der Waals surface area contributed by atoms with E-state index in [-0.39, 0.29) is 11.4 Å². The Labute approximate surface area is 159 Å². The molecule has 0 N–H and O–H groups in total. The molecule has 140 valence electrons. The van der Waals surface area contributed by atoms with E-state index in [0.717, 1.165) is 6.42 Å². The first kappa shape index (κ1) is 20.1. The van der Waals surface area contributed by atoms with Crippen LogP contribution in [0.2, 0.25) is 0 Å². The Kier molecular flexibility index (Phi) is 7.45. The van der Waals surface area contributed by atoms with Crippen molar-refractivity contribution in [2.24, 2.45) is 0 Å². The fourth-order valence-corrected chi connectivity index (χ4v) is 2.45. The third kappa shape index (κ3) is 5.35. The van der Waals surface area contributed by atoms with E-state index in [0.29, 0.717) is 41.6 Å². The van der Waals surface area contributed by atoms with Gasteiger partial charge in [0.05, 0.1) is 20.3 Å². The Balaban J connectivity index is 2.34. The molecule has 27 heavy (non-hydrogen) atoms. The first-order chi connectivity index (χ1) is 13.1. The molecule has 0 fully saturated rings. The molecule has 0 radical (unpaired) electrons. The molecular weight excluding hydrogens is 342 g/mol. The zero-order valence-electron chi connectivity index (χ0n) is 15.8. The van der Waals surface area contributed by atoms with Gasteiger partial charge in [-0.15, -0.1) is 0 Å². The van der Waals surface area contributed by atoms with Crippen molar-refractivity contribution in [2.45, 2.75) is 20.3 Å². The summed E-state index contributed by atoms with van der Waals surface area (Å²) in [5.74, 6) is 1.44. The summed E-state index contributed by atoms with van der Waals surface area (Å²) in [6, 6.07) is 14.1. The molecule has 5 heteroatoms. The van der Waals surface area contributed by atoms with Crippen LogP contribution >= 0.6 is 0 Å². The Morgan fingerprint density at radius 2 is 1.93 bits per heavy atom. The summed E-state index contributed by atoms with van der Waals surface area (Å²) in [6.45, 7) is 5.00. The van der Waals surface area contributed by atoms with Gasteiger partial charge in [0, 0.05) is 5.56 Å². The van der Waals surface area contributed by atoms with E-state index in [2.05, 4.69) is 0 Å². The van der Waals surface area contributed by atoms with E-state index in [9.17, 15) is 10.1 Å². The van der Waals surface area contributed by atoms with Gasteiger partial charge in [-0.25, -0.2) is 0 Å². The van der Waals surface area contributed by atoms with Gasteiger partial charge in [-0.05, 0) is 49.2 Å². The summed E-state index contributed by atoms with van der Waals surface area (Å²) in [4.78, 5) is 12.7. The molecule has 0 heterocycles. The molecule has 0 saturated heterocycles. The number of nitrogens with zero attached hydrogens (tertiary/aromatic N) is 1. The van der Waals surface area contributed by atoms with Gasteiger partial charge in [0.2, 0.25) is 5.78 Å². The van der Waals surface area contributed by atoms with Crippen LogP contribution in [-0.2, 0) is 0 Å². The highest BCUT2D eigenvalue weighted by molar-refractivity contribution is 6.14. The zero-order chi connectivity index (χ0) is 19.6. The van der Waals surface area contributed by atoms with E-state index in [1.165, 1.54) is 7.11 Å². The number of Topliss-reactive ketones (excluding diaryl/α,β-unsaturated/α-hetero) is 1. The normalized spacial score (nSPS) is 10.8. The quantitative estimate of drug-likeness (QED) is 0.367. The van der Waals surface area contributed by atoms with Crippen LogP contribution in [0.1, 0.15) is 36.2 Å². The number of benzene rings is 2. The molecule has 0 aromatic heterocycles. The van der Waals surface area contributed by atoms with Crippen molar-refractivity contribution < 1.29 is 19.0 Å². The molecule has 0 aliphatic heterocycles. The Hall–Kier alpha value is -3.26. The molecule has 0 bridgehead atoms. The number of ether oxygens (including phenoxy) is 3. The minimum Gasteiger partial charge on any atom is -0.497 e. The molecule has 0 aliphatic carbocycles. The zero-order valence-corrected chi connectivity index (χ0v) is 15.8. The monoisotopic (exact) mass is 365 g/mol. The van der Waals surface area contributed by atoms with Crippen LogP contribution in [0.15, 0.2) is 48.0 Å². The predicted octanol–water partition coefficient (Wildman–Crippen LogP) is 4.67. The van der Waals surface area contributed by atoms with Crippen LogP contribution in [0.3, 0.4) is 0 Å². The van der Waals surface area contributed by atoms with Gasteiger partial charge in [-0.1, -0.05) is 25.1 Å². The summed E-state index contributed by atoms with van der Waals surface area (Å²) in [6.07, 6.45) is 2.44. The highest BCUT2D eigenvalue weighted by Crippen LogP contribution is 2.30. The largest absolute Gasteiger partial charge is 0.497 e. The average Bonchev–Trinajstić information content (AvgIpc) is 2.71. The van der Waals surface area contributed by atoms with Crippen LogP contribution in [0, 0.1) is 11.3 Å². The van der Waals surface area contributed by atoms with Gasteiger partial charge in [0.15, 0.2) is 11.5 Å². The molecule has 0 unspecified atom stereocenters. The smallest absolute Gasteiger partial charge is 0.203 e. The molecule has 0 spiro atoms. The predicted molar refractivity (Wildman–Crippen MR) is 104 cm³/mol.